The lowest BCUT2D eigenvalue weighted by Gasteiger charge is -2.42. The van der Waals surface area contributed by atoms with E-state index in [1.54, 1.807) is 51.2 Å². The third kappa shape index (κ3) is 4.28. The summed E-state index contributed by atoms with van der Waals surface area (Å²) < 4.78 is 7.33. The fraction of sp³-hybridized carbons (Fsp3) is 0.429. The summed E-state index contributed by atoms with van der Waals surface area (Å²) in [4.78, 5) is 27.8. The fourth-order valence-corrected chi connectivity index (χ4v) is 3.62. The van der Waals surface area contributed by atoms with E-state index in [4.69, 9.17) is 4.74 Å². The second kappa shape index (κ2) is 8.16. The minimum absolute atomic E-state index is 0.328. The number of aliphatic hydroxyl groups excluding tert-OH is 1. The van der Waals surface area contributed by atoms with Crippen LogP contribution in [0, 0.1) is 21.4 Å². The van der Waals surface area contributed by atoms with E-state index < -0.39 is 28.9 Å². The molecule has 0 saturated heterocycles. The minimum atomic E-state index is -1.03. The predicted molar refractivity (Wildman–Crippen MR) is 107 cm³/mol. The zero-order valence-corrected chi connectivity index (χ0v) is 16.9. The first-order valence-corrected chi connectivity index (χ1v) is 9.55. The smallest absolute Gasteiger partial charge is 0.294 e. The molecular formula is C21H23N3O6. The normalized spacial score (nSPS) is 20.4. The van der Waals surface area contributed by atoms with Crippen molar-refractivity contribution in [3.8, 4) is 11.8 Å². The van der Waals surface area contributed by atoms with Crippen LogP contribution >= 0.6 is 0 Å². The van der Waals surface area contributed by atoms with Gasteiger partial charge in [-0.25, -0.2) is 0 Å². The van der Waals surface area contributed by atoms with Crippen LogP contribution in [0.2, 0.25) is 0 Å². The maximum Gasteiger partial charge on any atom is 0.294 e. The minimum Gasteiger partial charge on any atom is -0.485 e. The van der Waals surface area contributed by atoms with E-state index in [2.05, 4.69) is 10.9 Å². The van der Waals surface area contributed by atoms with Gasteiger partial charge in [-0.15, -0.1) is 10.1 Å². The molecule has 3 atom stereocenters. The van der Waals surface area contributed by atoms with Crippen LogP contribution in [0.1, 0.15) is 49.9 Å². The van der Waals surface area contributed by atoms with Crippen LogP contribution in [-0.2, 0) is 11.3 Å². The Kier molecular flexibility index (Phi) is 5.80. The average Bonchev–Trinajstić information content (AvgIpc) is 2.67. The molecule has 0 fully saturated rings. The summed E-state index contributed by atoms with van der Waals surface area (Å²) in [5.41, 5.74) is 0.397. The van der Waals surface area contributed by atoms with Crippen molar-refractivity contribution in [1.29, 1.82) is 5.26 Å². The molecule has 2 heterocycles. The summed E-state index contributed by atoms with van der Waals surface area (Å²) in [6, 6.07) is 9.44. The Morgan fingerprint density at radius 3 is 2.77 bits per heavy atom. The lowest BCUT2D eigenvalue weighted by Crippen LogP contribution is -2.52. The number of hydrogen-bond acceptors (Lipinski definition) is 7. The zero-order valence-electron chi connectivity index (χ0n) is 16.9. The molecule has 1 N–H and O–H groups in total. The summed E-state index contributed by atoms with van der Waals surface area (Å²) >= 11 is 0. The van der Waals surface area contributed by atoms with Crippen LogP contribution in [0.3, 0.4) is 0 Å². The van der Waals surface area contributed by atoms with Gasteiger partial charge >= 0.3 is 0 Å². The van der Waals surface area contributed by atoms with E-state index >= 15 is 0 Å². The first kappa shape index (κ1) is 21.3. The van der Waals surface area contributed by atoms with Crippen LogP contribution in [0.15, 0.2) is 41.3 Å². The molecule has 0 saturated carbocycles. The molecule has 0 radical (unpaired) electrons. The van der Waals surface area contributed by atoms with Gasteiger partial charge in [0.1, 0.15) is 23.6 Å². The number of aliphatic hydroxyl groups is 1. The number of ether oxygens (including phenoxy) is 1. The van der Waals surface area contributed by atoms with E-state index in [0.29, 0.717) is 35.3 Å². The highest BCUT2D eigenvalue weighted by Gasteiger charge is 2.44. The quantitative estimate of drug-likeness (QED) is 0.569. The van der Waals surface area contributed by atoms with Gasteiger partial charge in [0.2, 0.25) is 0 Å². The van der Waals surface area contributed by atoms with Crippen LogP contribution in [0.5, 0.6) is 5.75 Å². The summed E-state index contributed by atoms with van der Waals surface area (Å²) in [6.07, 6.45) is 0.788. The van der Waals surface area contributed by atoms with E-state index in [0.717, 1.165) is 0 Å². The van der Waals surface area contributed by atoms with Crippen molar-refractivity contribution in [2.75, 3.05) is 0 Å². The van der Waals surface area contributed by atoms with Gasteiger partial charge in [-0.2, -0.15) is 5.26 Å². The maximum absolute atomic E-state index is 12.9. The second-order valence-corrected chi connectivity index (χ2v) is 7.92. The molecule has 9 nitrogen and oxygen atoms in total. The van der Waals surface area contributed by atoms with Crippen molar-refractivity contribution < 1.29 is 19.8 Å². The highest BCUT2D eigenvalue weighted by atomic mass is 17.0. The van der Waals surface area contributed by atoms with Gasteiger partial charge in [0, 0.05) is 17.8 Å². The van der Waals surface area contributed by atoms with Gasteiger partial charge in [0.25, 0.3) is 10.6 Å². The molecule has 0 spiro atoms. The van der Waals surface area contributed by atoms with Gasteiger partial charge < -0.3 is 19.2 Å². The Hall–Kier alpha value is -3.38. The first-order chi connectivity index (χ1) is 14.1. The molecule has 0 bridgehead atoms. The van der Waals surface area contributed by atoms with Crippen molar-refractivity contribution in [3.05, 3.63) is 73.7 Å². The Bertz CT molecular complexity index is 1060. The largest absolute Gasteiger partial charge is 0.485 e. The van der Waals surface area contributed by atoms with E-state index in [-0.39, 0.29) is 5.56 Å². The van der Waals surface area contributed by atoms with Gasteiger partial charge in [-0.05, 0) is 63.4 Å². The van der Waals surface area contributed by atoms with Gasteiger partial charge in [-0.1, -0.05) is 0 Å². The Labute approximate surface area is 173 Å². The number of nitriles is 1. The average molecular weight is 413 g/mol. The van der Waals surface area contributed by atoms with Crippen LogP contribution < -0.4 is 10.3 Å². The molecule has 2 aromatic rings. The molecule has 3 rings (SSSR count). The van der Waals surface area contributed by atoms with E-state index in [9.17, 15) is 25.3 Å². The van der Waals surface area contributed by atoms with E-state index in [1.165, 1.54) is 10.6 Å². The van der Waals surface area contributed by atoms with Crippen molar-refractivity contribution in [3.63, 3.8) is 0 Å². The SMILES string of the molecule is CC(CCc1ccn(C2c3cc(C#N)ccc3OC(C)(C)C2O)c(=O)c1)O[N+](=O)[O-]. The van der Waals surface area contributed by atoms with Gasteiger partial charge in [-0.3, -0.25) is 4.79 Å². The lowest BCUT2D eigenvalue weighted by atomic mass is 9.85. The van der Waals surface area contributed by atoms with Crippen molar-refractivity contribution in [2.24, 2.45) is 0 Å². The summed E-state index contributed by atoms with van der Waals surface area (Å²) in [6.45, 7) is 5.07. The number of rotatable bonds is 6. The molecule has 1 aliphatic heterocycles. The maximum atomic E-state index is 12.9. The third-order valence-electron chi connectivity index (χ3n) is 5.26. The zero-order chi connectivity index (χ0) is 22.1. The number of hydrogen-bond donors (Lipinski definition) is 1. The topological polar surface area (TPSA) is 128 Å². The molecule has 158 valence electrons. The molecule has 3 unspecified atom stereocenters. The number of aromatic nitrogens is 1. The fourth-order valence-electron chi connectivity index (χ4n) is 3.62. The molecule has 1 aliphatic rings. The molecule has 1 aromatic carbocycles. The van der Waals surface area contributed by atoms with Gasteiger partial charge in [0.15, 0.2) is 0 Å². The summed E-state index contributed by atoms with van der Waals surface area (Å²) in [7, 11) is 0. The monoisotopic (exact) mass is 413 g/mol. The van der Waals surface area contributed by atoms with Crippen molar-refractivity contribution in [2.45, 2.75) is 57.5 Å². The number of fused-ring (bicyclic) bond motifs is 1. The third-order valence-corrected chi connectivity index (χ3v) is 5.26. The number of aryl methyl sites for hydroxylation is 1. The lowest BCUT2D eigenvalue weighted by molar-refractivity contribution is -0.767. The first-order valence-electron chi connectivity index (χ1n) is 9.55. The van der Waals surface area contributed by atoms with Crippen LogP contribution in [0.4, 0.5) is 0 Å². The molecule has 30 heavy (non-hydrogen) atoms. The summed E-state index contributed by atoms with van der Waals surface area (Å²) in [5.74, 6) is 0.510. The van der Waals surface area contributed by atoms with Crippen molar-refractivity contribution >= 4 is 0 Å². The molecule has 9 heteroatoms. The number of pyridine rings is 1. The van der Waals surface area contributed by atoms with Crippen LogP contribution in [-0.4, -0.2) is 32.6 Å². The number of benzene rings is 1. The van der Waals surface area contributed by atoms with Crippen molar-refractivity contribution in [1.82, 2.24) is 4.57 Å². The highest BCUT2D eigenvalue weighted by Crippen LogP contribution is 2.41. The van der Waals surface area contributed by atoms with Crippen LogP contribution in [0.25, 0.3) is 0 Å². The number of nitrogens with zero attached hydrogens (tertiary/aromatic N) is 3. The summed E-state index contributed by atoms with van der Waals surface area (Å²) in [5, 5.41) is 29.8. The predicted octanol–water partition coefficient (Wildman–Crippen LogP) is 2.37. The second-order valence-electron chi connectivity index (χ2n) is 7.92. The Balaban J connectivity index is 1.94. The molecule has 0 aliphatic carbocycles. The standard InChI is InChI=1S/C21H23N3O6/c1-13(30-24(27)28)4-5-14-8-9-23(18(25)11-14)19-16-10-15(12-22)6-7-17(16)29-21(2,3)20(19)26/h6-11,13,19-20,26H,4-5H2,1-3H3. The Morgan fingerprint density at radius 2 is 2.13 bits per heavy atom. The highest BCUT2D eigenvalue weighted by molar-refractivity contribution is 5.46. The molecule has 1 aromatic heterocycles. The van der Waals surface area contributed by atoms with Gasteiger partial charge in [0.05, 0.1) is 17.7 Å². The molecule has 0 amide bonds. The Morgan fingerprint density at radius 1 is 1.40 bits per heavy atom. The van der Waals surface area contributed by atoms with E-state index in [1.807, 2.05) is 0 Å². The molecular weight excluding hydrogens is 390 g/mol.